The molecule has 7 nitrogen and oxygen atoms in total. The quantitative estimate of drug-likeness (QED) is 0.858. The van der Waals surface area contributed by atoms with E-state index in [2.05, 4.69) is 25.8 Å². The van der Waals surface area contributed by atoms with Gasteiger partial charge in [0.2, 0.25) is 5.89 Å². The maximum absolute atomic E-state index is 11.9. The van der Waals surface area contributed by atoms with Crippen LogP contribution in [0.1, 0.15) is 35.1 Å². The second kappa shape index (κ2) is 5.15. The van der Waals surface area contributed by atoms with Gasteiger partial charge < -0.3 is 9.73 Å². The highest BCUT2D eigenvalue weighted by atomic mass is 16.4. The molecule has 98 valence electrons. The fourth-order valence-corrected chi connectivity index (χ4v) is 1.99. The van der Waals surface area contributed by atoms with Gasteiger partial charge in [-0.3, -0.25) is 15.1 Å². The second-order valence-corrected chi connectivity index (χ2v) is 4.29. The summed E-state index contributed by atoms with van der Waals surface area (Å²) in [5, 5.41) is 13.6. The minimum atomic E-state index is -0.317. The molecular formula is C12H13N5O2. The molecule has 2 aromatic heterocycles. The first kappa shape index (κ1) is 11.8. The van der Waals surface area contributed by atoms with Crippen molar-refractivity contribution in [1.82, 2.24) is 20.5 Å². The Kier molecular flexibility index (Phi) is 3.20. The van der Waals surface area contributed by atoms with Crippen molar-refractivity contribution in [1.29, 1.82) is 0 Å². The number of hydrogen-bond acceptors (Lipinski definition) is 6. The van der Waals surface area contributed by atoms with Crippen molar-refractivity contribution in [3.8, 4) is 0 Å². The maximum Gasteiger partial charge on any atom is 0.322 e. The van der Waals surface area contributed by atoms with Crippen LogP contribution in [-0.4, -0.2) is 27.6 Å². The molecule has 0 saturated carbocycles. The zero-order chi connectivity index (χ0) is 13.1. The summed E-state index contributed by atoms with van der Waals surface area (Å²) in [6, 6.07) is 3.56. The Hall–Kier alpha value is -2.28. The van der Waals surface area contributed by atoms with Crippen LogP contribution in [0.4, 0.5) is 6.01 Å². The van der Waals surface area contributed by atoms with Gasteiger partial charge in [-0.1, -0.05) is 5.10 Å². The Balaban J connectivity index is 1.68. The van der Waals surface area contributed by atoms with Crippen molar-refractivity contribution in [2.75, 3.05) is 11.9 Å². The highest BCUT2D eigenvalue weighted by Crippen LogP contribution is 2.22. The van der Waals surface area contributed by atoms with E-state index in [4.69, 9.17) is 4.42 Å². The first-order valence-corrected chi connectivity index (χ1v) is 6.11. The van der Waals surface area contributed by atoms with E-state index in [0.717, 1.165) is 19.4 Å². The lowest BCUT2D eigenvalue weighted by Crippen LogP contribution is -2.13. The molecule has 1 fully saturated rings. The molecule has 7 heteroatoms. The topological polar surface area (TPSA) is 92.9 Å². The average Bonchev–Trinajstić information content (AvgIpc) is 3.10. The van der Waals surface area contributed by atoms with E-state index in [1.54, 1.807) is 18.3 Å². The number of nitrogens with one attached hydrogen (secondary N) is 2. The third-order valence-electron chi connectivity index (χ3n) is 2.94. The minimum absolute atomic E-state index is 0.0940. The van der Waals surface area contributed by atoms with Crippen LogP contribution in [0.5, 0.6) is 0 Å². The largest absolute Gasteiger partial charge is 0.406 e. The van der Waals surface area contributed by atoms with Crippen LogP contribution in [0.3, 0.4) is 0 Å². The summed E-state index contributed by atoms with van der Waals surface area (Å²) in [7, 11) is 0. The Morgan fingerprint density at radius 3 is 3.16 bits per heavy atom. The normalized spacial score (nSPS) is 18.4. The number of nitrogens with zero attached hydrogens (tertiary/aromatic N) is 3. The molecule has 1 unspecified atom stereocenters. The fraction of sp³-hybridized carbons (Fsp3) is 0.333. The molecule has 1 aliphatic heterocycles. The molecule has 3 heterocycles. The molecule has 19 heavy (non-hydrogen) atoms. The third kappa shape index (κ3) is 2.60. The molecule has 1 atom stereocenters. The van der Waals surface area contributed by atoms with Crippen molar-refractivity contribution < 1.29 is 9.21 Å². The number of aromatic nitrogens is 3. The molecule has 2 N–H and O–H groups in total. The predicted octanol–water partition coefficient (Wildman–Crippen LogP) is 1.14. The molecule has 2 aromatic rings. The first-order chi connectivity index (χ1) is 9.33. The molecule has 1 saturated heterocycles. The molecule has 0 aromatic carbocycles. The molecular weight excluding hydrogens is 246 g/mol. The van der Waals surface area contributed by atoms with Crippen LogP contribution >= 0.6 is 0 Å². The summed E-state index contributed by atoms with van der Waals surface area (Å²) in [4.78, 5) is 15.7. The van der Waals surface area contributed by atoms with Crippen LogP contribution in [0.2, 0.25) is 0 Å². The first-order valence-electron chi connectivity index (χ1n) is 6.11. The van der Waals surface area contributed by atoms with E-state index in [9.17, 15) is 4.79 Å². The van der Waals surface area contributed by atoms with E-state index in [0.29, 0.717) is 11.5 Å². The Bertz CT molecular complexity index is 563. The Labute approximate surface area is 109 Å². The van der Waals surface area contributed by atoms with Crippen molar-refractivity contribution in [3.63, 3.8) is 0 Å². The summed E-state index contributed by atoms with van der Waals surface area (Å²) < 4.78 is 5.42. The lowest BCUT2D eigenvalue weighted by Gasteiger charge is -2.02. The minimum Gasteiger partial charge on any atom is -0.406 e. The highest BCUT2D eigenvalue weighted by Gasteiger charge is 2.22. The summed E-state index contributed by atoms with van der Waals surface area (Å²) in [5.74, 6) is 0.196. The molecule has 0 radical (unpaired) electrons. The SMILES string of the molecule is O=C(Nc1nnc(C2CCCN2)o1)c1cccnc1. The average molecular weight is 259 g/mol. The lowest BCUT2D eigenvalue weighted by atomic mass is 10.2. The van der Waals surface area contributed by atoms with E-state index >= 15 is 0 Å². The van der Waals surface area contributed by atoms with Gasteiger partial charge in [0.15, 0.2) is 0 Å². The molecule has 0 bridgehead atoms. The van der Waals surface area contributed by atoms with E-state index in [-0.39, 0.29) is 18.0 Å². The van der Waals surface area contributed by atoms with Crippen molar-refractivity contribution in [3.05, 3.63) is 36.0 Å². The van der Waals surface area contributed by atoms with Gasteiger partial charge in [-0.2, -0.15) is 0 Å². The number of anilines is 1. The van der Waals surface area contributed by atoms with Gasteiger partial charge in [0, 0.05) is 12.4 Å². The van der Waals surface area contributed by atoms with Gasteiger partial charge >= 0.3 is 6.01 Å². The summed E-state index contributed by atoms with van der Waals surface area (Å²) in [5.41, 5.74) is 0.446. The van der Waals surface area contributed by atoms with Crippen LogP contribution in [-0.2, 0) is 0 Å². The highest BCUT2D eigenvalue weighted by molar-refractivity contribution is 6.02. The molecule has 1 aliphatic rings. The number of carbonyl (C=O) groups is 1. The van der Waals surface area contributed by atoms with Crippen molar-refractivity contribution in [2.45, 2.75) is 18.9 Å². The van der Waals surface area contributed by atoms with Gasteiger partial charge in [-0.15, -0.1) is 5.10 Å². The summed E-state index contributed by atoms with van der Waals surface area (Å²) >= 11 is 0. The molecule has 0 spiro atoms. The smallest absolute Gasteiger partial charge is 0.322 e. The molecule has 1 amide bonds. The van der Waals surface area contributed by atoms with Crippen molar-refractivity contribution >= 4 is 11.9 Å². The number of hydrogen-bond donors (Lipinski definition) is 2. The zero-order valence-corrected chi connectivity index (χ0v) is 10.2. The molecule has 0 aliphatic carbocycles. The van der Waals surface area contributed by atoms with Gasteiger partial charge in [0.1, 0.15) is 0 Å². The van der Waals surface area contributed by atoms with Crippen molar-refractivity contribution in [2.24, 2.45) is 0 Å². The summed E-state index contributed by atoms with van der Waals surface area (Å²) in [6.45, 7) is 0.949. The predicted molar refractivity (Wildman–Crippen MR) is 66.5 cm³/mol. The Morgan fingerprint density at radius 1 is 1.47 bits per heavy atom. The van der Waals surface area contributed by atoms with Gasteiger partial charge in [0.05, 0.1) is 11.6 Å². The van der Waals surface area contributed by atoms with E-state index in [1.807, 2.05) is 0 Å². The number of rotatable bonds is 3. The fourth-order valence-electron chi connectivity index (χ4n) is 1.99. The van der Waals surface area contributed by atoms with Crippen LogP contribution in [0.25, 0.3) is 0 Å². The molecule has 3 rings (SSSR count). The van der Waals surface area contributed by atoms with Gasteiger partial charge in [-0.25, -0.2) is 0 Å². The number of pyridine rings is 1. The number of amides is 1. The van der Waals surface area contributed by atoms with E-state index in [1.165, 1.54) is 6.20 Å². The second-order valence-electron chi connectivity index (χ2n) is 4.29. The Morgan fingerprint density at radius 2 is 2.42 bits per heavy atom. The maximum atomic E-state index is 11.9. The van der Waals surface area contributed by atoms with Gasteiger partial charge in [0.25, 0.3) is 5.91 Å². The zero-order valence-electron chi connectivity index (χ0n) is 10.2. The third-order valence-corrected chi connectivity index (χ3v) is 2.94. The van der Waals surface area contributed by atoms with Gasteiger partial charge in [-0.05, 0) is 31.5 Å². The standard InChI is InChI=1S/C12H13N5O2/c18-10(8-3-1-5-13-7-8)15-12-17-16-11(19-12)9-4-2-6-14-9/h1,3,5,7,9,14H,2,4,6H2,(H,15,17,18). The van der Waals surface area contributed by atoms with Crippen LogP contribution in [0.15, 0.2) is 28.9 Å². The van der Waals surface area contributed by atoms with Crippen LogP contribution in [0, 0.1) is 0 Å². The summed E-state index contributed by atoms with van der Waals surface area (Å²) in [6.07, 6.45) is 5.14. The lowest BCUT2D eigenvalue weighted by molar-refractivity contribution is 0.102. The van der Waals surface area contributed by atoms with E-state index < -0.39 is 0 Å². The number of carbonyl (C=O) groups excluding carboxylic acids is 1. The monoisotopic (exact) mass is 259 g/mol. The van der Waals surface area contributed by atoms with Crippen LogP contribution < -0.4 is 10.6 Å².